The molecule has 17 heavy (non-hydrogen) atoms. The number of nitrogens with zero attached hydrogens (tertiary/aromatic N) is 1. The first-order chi connectivity index (χ1) is 8.26. The summed E-state index contributed by atoms with van der Waals surface area (Å²) in [6.45, 7) is 6.27. The molecule has 0 fully saturated rings. The number of ether oxygens (including phenoxy) is 1. The Morgan fingerprint density at radius 1 is 1.18 bits per heavy atom. The molecular formula is C14H24N2O. The van der Waals surface area contributed by atoms with Crippen molar-refractivity contribution in [3.63, 3.8) is 0 Å². The smallest absolute Gasteiger partial charge is 0.0474 e. The summed E-state index contributed by atoms with van der Waals surface area (Å²) in [4.78, 5) is 2.46. The van der Waals surface area contributed by atoms with Crippen LogP contribution < -0.4 is 5.73 Å². The lowest BCUT2D eigenvalue weighted by Crippen LogP contribution is -2.26. The van der Waals surface area contributed by atoms with Crippen molar-refractivity contribution in [1.29, 1.82) is 0 Å². The molecule has 0 saturated carbocycles. The number of hydrogen-bond acceptors (Lipinski definition) is 3. The predicted molar refractivity (Wildman–Crippen MR) is 72.9 cm³/mol. The Bertz CT molecular complexity index is 298. The summed E-state index contributed by atoms with van der Waals surface area (Å²) in [6, 6.07) is 8.14. The van der Waals surface area contributed by atoms with Crippen molar-refractivity contribution >= 4 is 5.69 Å². The van der Waals surface area contributed by atoms with Gasteiger partial charge in [-0.2, -0.15) is 0 Å². The van der Waals surface area contributed by atoms with Gasteiger partial charge < -0.3 is 10.5 Å². The summed E-state index contributed by atoms with van der Waals surface area (Å²) < 4.78 is 5.09. The maximum absolute atomic E-state index is 5.68. The van der Waals surface area contributed by atoms with E-state index in [1.807, 2.05) is 12.1 Å². The minimum Gasteiger partial charge on any atom is -0.399 e. The molecule has 96 valence electrons. The van der Waals surface area contributed by atoms with E-state index in [1.54, 1.807) is 7.11 Å². The first kappa shape index (κ1) is 14.0. The normalized spacial score (nSPS) is 11.0. The lowest BCUT2D eigenvalue weighted by atomic mass is 10.2. The van der Waals surface area contributed by atoms with E-state index in [2.05, 4.69) is 24.0 Å². The molecule has 0 atom stereocenters. The second-order valence-electron chi connectivity index (χ2n) is 4.36. The summed E-state index contributed by atoms with van der Waals surface area (Å²) in [7, 11) is 1.75. The van der Waals surface area contributed by atoms with E-state index in [-0.39, 0.29) is 0 Å². The molecule has 0 spiro atoms. The zero-order chi connectivity index (χ0) is 12.5. The van der Waals surface area contributed by atoms with Gasteiger partial charge in [-0.25, -0.2) is 0 Å². The lowest BCUT2D eigenvalue weighted by molar-refractivity contribution is 0.169. The van der Waals surface area contributed by atoms with E-state index < -0.39 is 0 Å². The van der Waals surface area contributed by atoms with Crippen LogP contribution in [-0.2, 0) is 11.3 Å². The summed E-state index contributed by atoms with van der Waals surface area (Å²) in [5, 5.41) is 0. The van der Waals surface area contributed by atoms with Crippen molar-refractivity contribution in [3.8, 4) is 0 Å². The fraction of sp³-hybridized carbons (Fsp3) is 0.571. The summed E-state index contributed by atoms with van der Waals surface area (Å²) in [6.07, 6.45) is 2.27. The van der Waals surface area contributed by atoms with Crippen molar-refractivity contribution < 1.29 is 4.74 Å². The lowest BCUT2D eigenvalue weighted by Gasteiger charge is -2.21. The molecule has 0 saturated heterocycles. The van der Waals surface area contributed by atoms with Crippen molar-refractivity contribution in [1.82, 2.24) is 4.90 Å². The Morgan fingerprint density at radius 3 is 2.47 bits per heavy atom. The van der Waals surface area contributed by atoms with Gasteiger partial charge in [-0.1, -0.05) is 19.1 Å². The van der Waals surface area contributed by atoms with Crippen LogP contribution in [0.1, 0.15) is 25.3 Å². The highest BCUT2D eigenvalue weighted by Gasteiger charge is 2.04. The number of anilines is 1. The Balaban J connectivity index is 2.44. The molecule has 0 aliphatic rings. The molecular weight excluding hydrogens is 212 g/mol. The van der Waals surface area contributed by atoms with E-state index in [0.29, 0.717) is 0 Å². The number of rotatable bonds is 8. The van der Waals surface area contributed by atoms with Crippen molar-refractivity contribution in [2.24, 2.45) is 0 Å². The Labute approximate surface area is 105 Å². The third-order valence-corrected chi connectivity index (χ3v) is 2.75. The number of methoxy groups -OCH3 is 1. The molecule has 0 aromatic heterocycles. The van der Waals surface area contributed by atoms with Crippen LogP contribution in [0.2, 0.25) is 0 Å². The molecule has 2 N–H and O–H groups in total. The van der Waals surface area contributed by atoms with Gasteiger partial charge in [0.15, 0.2) is 0 Å². The van der Waals surface area contributed by atoms with Gasteiger partial charge >= 0.3 is 0 Å². The van der Waals surface area contributed by atoms with Gasteiger partial charge in [0.2, 0.25) is 0 Å². The second kappa shape index (κ2) is 8.09. The molecule has 0 heterocycles. The zero-order valence-corrected chi connectivity index (χ0v) is 11.0. The molecule has 0 amide bonds. The molecule has 0 aliphatic heterocycles. The molecule has 0 radical (unpaired) electrons. The zero-order valence-electron chi connectivity index (χ0n) is 11.0. The molecule has 0 bridgehead atoms. The van der Waals surface area contributed by atoms with Crippen molar-refractivity contribution in [3.05, 3.63) is 29.8 Å². The van der Waals surface area contributed by atoms with Crippen LogP contribution in [0.5, 0.6) is 0 Å². The van der Waals surface area contributed by atoms with Gasteiger partial charge in [0.25, 0.3) is 0 Å². The van der Waals surface area contributed by atoms with Crippen LogP contribution in [0.25, 0.3) is 0 Å². The standard InChI is InChI=1S/C14H24N2O/c1-3-9-16(10-4-11-17-2)12-13-5-7-14(15)8-6-13/h5-8H,3-4,9-12,15H2,1-2H3. The van der Waals surface area contributed by atoms with Crippen LogP contribution in [0.4, 0.5) is 5.69 Å². The predicted octanol–water partition coefficient (Wildman–Crippen LogP) is 2.52. The molecule has 3 heteroatoms. The SMILES string of the molecule is CCCN(CCCOC)Cc1ccc(N)cc1. The Kier molecular flexibility index (Phi) is 6.67. The van der Waals surface area contributed by atoms with Crippen LogP contribution in [0.3, 0.4) is 0 Å². The van der Waals surface area contributed by atoms with Crippen LogP contribution >= 0.6 is 0 Å². The summed E-state index contributed by atoms with van der Waals surface area (Å²) in [5.41, 5.74) is 7.84. The van der Waals surface area contributed by atoms with Gasteiger partial charge in [0.05, 0.1) is 0 Å². The van der Waals surface area contributed by atoms with E-state index in [9.17, 15) is 0 Å². The number of nitrogen functional groups attached to an aromatic ring is 1. The van der Waals surface area contributed by atoms with Gasteiger partial charge in [-0.15, -0.1) is 0 Å². The highest BCUT2D eigenvalue weighted by Crippen LogP contribution is 2.09. The average Bonchev–Trinajstić information content (AvgIpc) is 2.32. The number of nitrogens with two attached hydrogens (primary N) is 1. The van der Waals surface area contributed by atoms with E-state index in [0.717, 1.165) is 38.3 Å². The molecule has 3 nitrogen and oxygen atoms in total. The molecule has 1 rings (SSSR count). The Hall–Kier alpha value is -1.06. The molecule has 0 unspecified atom stereocenters. The van der Waals surface area contributed by atoms with E-state index in [1.165, 1.54) is 12.0 Å². The van der Waals surface area contributed by atoms with Crippen molar-refractivity contribution in [2.75, 3.05) is 32.5 Å². The minimum atomic E-state index is 0.829. The van der Waals surface area contributed by atoms with E-state index >= 15 is 0 Å². The van der Waals surface area contributed by atoms with Gasteiger partial charge in [0.1, 0.15) is 0 Å². The largest absolute Gasteiger partial charge is 0.399 e. The third-order valence-electron chi connectivity index (χ3n) is 2.75. The second-order valence-corrected chi connectivity index (χ2v) is 4.36. The van der Waals surface area contributed by atoms with E-state index in [4.69, 9.17) is 10.5 Å². The quantitative estimate of drug-likeness (QED) is 0.557. The maximum atomic E-state index is 5.68. The number of hydrogen-bond donors (Lipinski definition) is 1. The van der Waals surface area contributed by atoms with Crippen molar-refractivity contribution in [2.45, 2.75) is 26.3 Å². The van der Waals surface area contributed by atoms with Crippen LogP contribution in [0, 0.1) is 0 Å². The fourth-order valence-corrected chi connectivity index (χ4v) is 1.90. The number of benzene rings is 1. The summed E-state index contributed by atoms with van der Waals surface area (Å²) >= 11 is 0. The first-order valence-electron chi connectivity index (χ1n) is 6.32. The van der Waals surface area contributed by atoms with Crippen LogP contribution in [0.15, 0.2) is 24.3 Å². The van der Waals surface area contributed by atoms with Gasteiger partial charge in [0, 0.05) is 32.5 Å². The highest BCUT2D eigenvalue weighted by molar-refractivity contribution is 5.39. The topological polar surface area (TPSA) is 38.5 Å². The third kappa shape index (κ3) is 5.71. The van der Waals surface area contributed by atoms with Crippen LogP contribution in [-0.4, -0.2) is 31.7 Å². The minimum absolute atomic E-state index is 0.829. The molecule has 1 aromatic rings. The monoisotopic (exact) mass is 236 g/mol. The summed E-state index contributed by atoms with van der Waals surface area (Å²) in [5.74, 6) is 0. The molecule has 1 aromatic carbocycles. The Morgan fingerprint density at radius 2 is 1.88 bits per heavy atom. The first-order valence-corrected chi connectivity index (χ1v) is 6.32. The highest BCUT2D eigenvalue weighted by atomic mass is 16.5. The molecule has 0 aliphatic carbocycles. The average molecular weight is 236 g/mol. The van der Waals surface area contributed by atoms with Gasteiger partial charge in [-0.3, -0.25) is 4.90 Å². The fourth-order valence-electron chi connectivity index (χ4n) is 1.90. The maximum Gasteiger partial charge on any atom is 0.0474 e. The van der Waals surface area contributed by atoms with Gasteiger partial charge in [-0.05, 0) is 37.1 Å².